The van der Waals surface area contributed by atoms with E-state index in [1.54, 1.807) is 11.6 Å². The smallest absolute Gasteiger partial charge is 0.303 e. The molecule has 0 saturated heterocycles. The number of hydrogen-bond donors (Lipinski definition) is 0. The normalized spacial score (nSPS) is 11.3. The molecule has 0 bridgehead atoms. The summed E-state index contributed by atoms with van der Waals surface area (Å²) in [6, 6.07) is 7.15. The molecular weight excluding hydrogens is 390 g/mol. The van der Waals surface area contributed by atoms with E-state index >= 15 is 0 Å². The van der Waals surface area contributed by atoms with Gasteiger partial charge < -0.3 is 4.57 Å². The Morgan fingerprint density at radius 1 is 1.17 bits per heavy atom. The van der Waals surface area contributed by atoms with E-state index in [2.05, 4.69) is 17.0 Å². The van der Waals surface area contributed by atoms with Crippen LogP contribution in [0.4, 0.5) is 0 Å². The Morgan fingerprint density at radius 2 is 1.97 bits per heavy atom. The van der Waals surface area contributed by atoms with Gasteiger partial charge in [0.15, 0.2) is 0 Å². The van der Waals surface area contributed by atoms with Gasteiger partial charge in [-0.3, -0.25) is 9.36 Å². The second-order valence-corrected chi connectivity index (χ2v) is 7.46. The minimum Gasteiger partial charge on any atom is -0.303 e. The first-order valence-electron chi connectivity index (χ1n) is 9.27. The van der Waals surface area contributed by atoms with E-state index in [0.717, 1.165) is 34.3 Å². The zero-order valence-electron chi connectivity index (χ0n) is 16.4. The largest absolute Gasteiger partial charge is 0.331 e. The van der Waals surface area contributed by atoms with Crippen LogP contribution in [0, 0.1) is 6.92 Å². The molecule has 0 N–H and O–H groups in total. The van der Waals surface area contributed by atoms with E-state index in [0.29, 0.717) is 5.02 Å². The van der Waals surface area contributed by atoms with Gasteiger partial charge in [-0.05, 0) is 48.2 Å². The van der Waals surface area contributed by atoms with Gasteiger partial charge in [0, 0.05) is 36.1 Å². The molecule has 0 saturated carbocycles. The summed E-state index contributed by atoms with van der Waals surface area (Å²) >= 11 is 6.32. The molecule has 0 atom stereocenters. The molecule has 0 aliphatic heterocycles. The van der Waals surface area contributed by atoms with E-state index in [9.17, 15) is 9.59 Å². The van der Waals surface area contributed by atoms with Crippen LogP contribution < -0.4 is 11.2 Å². The molecule has 0 radical (unpaired) electrons. The maximum absolute atomic E-state index is 12.3. The van der Waals surface area contributed by atoms with Gasteiger partial charge in [-0.15, -0.1) is 0 Å². The molecule has 7 nitrogen and oxygen atoms in total. The second-order valence-electron chi connectivity index (χ2n) is 7.02. The van der Waals surface area contributed by atoms with Gasteiger partial charge in [-0.1, -0.05) is 18.5 Å². The zero-order chi connectivity index (χ0) is 20.7. The van der Waals surface area contributed by atoms with Gasteiger partial charge in [-0.2, -0.15) is 5.10 Å². The summed E-state index contributed by atoms with van der Waals surface area (Å²) in [5.41, 5.74) is 4.88. The first-order chi connectivity index (χ1) is 13.9. The number of aromatic nitrogens is 5. The predicted molar refractivity (Wildman–Crippen MR) is 113 cm³/mol. The van der Waals surface area contributed by atoms with Crippen LogP contribution in [-0.4, -0.2) is 23.7 Å². The van der Waals surface area contributed by atoms with E-state index in [1.165, 1.54) is 33.3 Å². The highest BCUT2D eigenvalue weighted by Gasteiger charge is 2.15. The average Bonchev–Trinajstić information content (AvgIpc) is 3.10. The van der Waals surface area contributed by atoms with Gasteiger partial charge in [0.05, 0.1) is 17.8 Å². The standard InChI is InChI=1S/C21H20ClN5O2/c1-4-16-13(2)7-15(22)9-17(16)20-18-8-14(11-27(18)24-12-23-20)10-26-19(28)5-6-25(3)21(26)29/h5-9,11-12H,4,10H2,1-3H3. The lowest BCUT2D eigenvalue weighted by atomic mass is 9.97. The Hall–Kier alpha value is -3.19. The van der Waals surface area contributed by atoms with Crippen LogP contribution in [0.25, 0.3) is 16.8 Å². The fourth-order valence-electron chi connectivity index (χ4n) is 3.67. The summed E-state index contributed by atoms with van der Waals surface area (Å²) in [4.78, 5) is 29.0. The molecule has 4 rings (SSSR count). The maximum Gasteiger partial charge on any atom is 0.331 e. The Morgan fingerprint density at radius 3 is 2.72 bits per heavy atom. The lowest BCUT2D eigenvalue weighted by molar-refractivity contribution is 0.639. The van der Waals surface area contributed by atoms with Crippen molar-refractivity contribution in [3.05, 3.63) is 85.5 Å². The van der Waals surface area contributed by atoms with Crippen molar-refractivity contribution in [3.8, 4) is 11.3 Å². The number of fused-ring (bicyclic) bond motifs is 1. The summed E-state index contributed by atoms with van der Waals surface area (Å²) < 4.78 is 4.29. The van der Waals surface area contributed by atoms with Crippen molar-refractivity contribution in [2.24, 2.45) is 7.05 Å². The van der Waals surface area contributed by atoms with Crippen LogP contribution in [0.1, 0.15) is 23.6 Å². The highest BCUT2D eigenvalue weighted by Crippen LogP contribution is 2.31. The van der Waals surface area contributed by atoms with Gasteiger partial charge in [-0.25, -0.2) is 14.3 Å². The third-order valence-corrected chi connectivity index (χ3v) is 5.31. The summed E-state index contributed by atoms with van der Waals surface area (Å²) in [7, 11) is 1.62. The molecule has 0 aliphatic rings. The minimum atomic E-state index is -0.363. The van der Waals surface area contributed by atoms with Crippen LogP contribution in [-0.2, 0) is 20.0 Å². The minimum absolute atomic E-state index is 0.157. The second kappa shape index (κ2) is 7.33. The van der Waals surface area contributed by atoms with Crippen molar-refractivity contribution in [3.63, 3.8) is 0 Å². The molecule has 4 aromatic rings. The van der Waals surface area contributed by atoms with Crippen LogP contribution in [0.2, 0.25) is 5.02 Å². The number of rotatable bonds is 4. The van der Waals surface area contributed by atoms with E-state index < -0.39 is 0 Å². The number of nitrogens with zero attached hydrogens (tertiary/aromatic N) is 5. The SMILES string of the molecule is CCc1c(C)cc(Cl)cc1-c1ncnn2cc(Cn3c(=O)ccn(C)c3=O)cc12. The Kier molecular flexibility index (Phi) is 4.84. The third kappa shape index (κ3) is 3.38. The average molecular weight is 410 g/mol. The Balaban J connectivity index is 1.87. The molecule has 8 heteroatoms. The first kappa shape index (κ1) is 19.1. The Labute approximate surface area is 171 Å². The van der Waals surface area contributed by atoms with E-state index in [1.807, 2.05) is 31.3 Å². The van der Waals surface area contributed by atoms with Crippen molar-refractivity contribution in [2.45, 2.75) is 26.8 Å². The quantitative estimate of drug-likeness (QED) is 0.519. The summed E-state index contributed by atoms with van der Waals surface area (Å²) in [6.07, 6.45) is 5.62. The molecule has 1 aromatic carbocycles. The van der Waals surface area contributed by atoms with Gasteiger partial charge in [0.25, 0.3) is 5.56 Å². The topological polar surface area (TPSA) is 74.2 Å². The Bertz CT molecular complexity index is 1350. The number of benzene rings is 1. The molecule has 3 heterocycles. The molecule has 3 aromatic heterocycles. The van der Waals surface area contributed by atoms with Crippen molar-refractivity contribution >= 4 is 17.1 Å². The number of hydrogen-bond acceptors (Lipinski definition) is 4. The third-order valence-electron chi connectivity index (χ3n) is 5.09. The van der Waals surface area contributed by atoms with Crippen LogP contribution in [0.5, 0.6) is 0 Å². The molecule has 0 fully saturated rings. The van der Waals surface area contributed by atoms with Crippen molar-refractivity contribution < 1.29 is 0 Å². The first-order valence-corrected chi connectivity index (χ1v) is 9.65. The molecule has 0 aliphatic carbocycles. The molecule has 0 spiro atoms. The zero-order valence-corrected chi connectivity index (χ0v) is 17.1. The van der Waals surface area contributed by atoms with E-state index in [-0.39, 0.29) is 17.8 Å². The number of aryl methyl sites for hydroxylation is 2. The molecule has 29 heavy (non-hydrogen) atoms. The van der Waals surface area contributed by atoms with E-state index in [4.69, 9.17) is 11.6 Å². The summed E-state index contributed by atoms with van der Waals surface area (Å²) in [6.45, 7) is 4.29. The van der Waals surface area contributed by atoms with Crippen LogP contribution in [0.3, 0.4) is 0 Å². The van der Waals surface area contributed by atoms with Crippen LogP contribution in [0.15, 0.2) is 52.6 Å². The monoisotopic (exact) mass is 409 g/mol. The molecular formula is C21H20ClN5O2. The highest BCUT2D eigenvalue weighted by atomic mass is 35.5. The lowest BCUT2D eigenvalue weighted by Crippen LogP contribution is -2.38. The molecule has 0 amide bonds. The number of halogens is 1. The summed E-state index contributed by atoms with van der Waals surface area (Å²) in [5.74, 6) is 0. The summed E-state index contributed by atoms with van der Waals surface area (Å²) in [5, 5.41) is 4.94. The lowest BCUT2D eigenvalue weighted by Gasteiger charge is -2.12. The molecule has 148 valence electrons. The van der Waals surface area contributed by atoms with Crippen molar-refractivity contribution in [1.82, 2.24) is 23.7 Å². The van der Waals surface area contributed by atoms with Crippen molar-refractivity contribution in [2.75, 3.05) is 0 Å². The fraction of sp³-hybridized carbons (Fsp3) is 0.238. The van der Waals surface area contributed by atoms with Crippen molar-refractivity contribution in [1.29, 1.82) is 0 Å². The van der Waals surface area contributed by atoms with Crippen LogP contribution >= 0.6 is 11.6 Å². The predicted octanol–water partition coefficient (Wildman–Crippen LogP) is 2.83. The molecule has 0 unspecified atom stereocenters. The highest BCUT2D eigenvalue weighted by molar-refractivity contribution is 6.31. The van der Waals surface area contributed by atoms with Gasteiger partial charge >= 0.3 is 5.69 Å². The fourth-order valence-corrected chi connectivity index (χ4v) is 3.95. The van der Waals surface area contributed by atoms with Gasteiger partial charge in [0.1, 0.15) is 6.33 Å². The van der Waals surface area contributed by atoms with Gasteiger partial charge in [0.2, 0.25) is 0 Å². The maximum atomic E-state index is 12.3.